The lowest BCUT2D eigenvalue weighted by Crippen LogP contribution is -2.45. The molecule has 0 atom stereocenters. The number of aromatic nitrogens is 1. The van der Waals surface area contributed by atoms with Crippen LogP contribution in [-0.2, 0) is 12.0 Å². The lowest BCUT2D eigenvalue weighted by atomic mass is 9.89. The molecule has 0 bridgehead atoms. The van der Waals surface area contributed by atoms with E-state index in [1.807, 2.05) is 36.7 Å². The second-order valence-corrected chi connectivity index (χ2v) is 6.54. The van der Waals surface area contributed by atoms with Crippen molar-refractivity contribution in [3.63, 3.8) is 0 Å². The summed E-state index contributed by atoms with van der Waals surface area (Å²) in [4.78, 5) is 4.12. The number of hydrogen-bond acceptors (Lipinski definition) is 3. The fourth-order valence-corrected chi connectivity index (χ4v) is 3.63. The van der Waals surface area contributed by atoms with E-state index in [1.54, 1.807) is 0 Å². The Bertz CT molecular complexity index is 728. The largest absolute Gasteiger partial charge is 0.353 e. The number of nitrogens with zero attached hydrogens (tertiary/aromatic N) is 2. The highest BCUT2D eigenvalue weighted by atomic mass is 32.1. The predicted octanol–water partition coefficient (Wildman–Crippen LogP) is 3.90. The third-order valence-electron chi connectivity index (χ3n) is 4.54. The highest BCUT2D eigenvalue weighted by Crippen LogP contribution is 2.38. The Morgan fingerprint density at radius 3 is 2.42 bits per heavy atom. The molecule has 5 heteroatoms. The van der Waals surface area contributed by atoms with Crippen LogP contribution in [0.25, 0.3) is 0 Å². The number of nitrogens with one attached hydrogen (secondary N) is 2. The second-order valence-electron chi connectivity index (χ2n) is 6.14. The van der Waals surface area contributed by atoms with E-state index in [1.165, 1.54) is 18.4 Å². The van der Waals surface area contributed by atoms with Crippen LogP contribution in [0.15, 0.2) is 48.8 Å². The summed E-state index contributed by atoms with van der Waals surface area (Å²) in [5.41, 5.74) is 3.07. The molecule has 1 aliphatic rings. The maximum atomic E-state index is 8.73. The second kappa shape index (κ2) is 7.41. The van der Waals surface area contributed by atoms with Crippen LogP contribution in [0, 0.1) is 11.3 Å². The zero-order valence-electron chi connectivity index (χ0n) is 13.5. The number of rotatable bonds is 4. The van der Waals surface area contributed by atoms with Gasteiger partial charge >= 0.3 is 0 Å². The van der Waals surface area contributed by atoms with Gasteiger partial charge in [-0.15, -0.1) is 0 Å². The SMILES string of the molecule is N#CCc1ccc(NC(=S)NC2(c3ccncc3)CCCC2)cc1. The molecule has 0 spiro atoms. The monoisotopic (exact) mass is 336 g/mol. The Morgan fingerprint density at radius 1 is 1.12 bits per heavy atom. The lowest BCUT2D eigenvalue weighted by molar-refractivity contribution is 0.408. The zero-order chi connectivity index (χ0) is 16.8. The van der Waals surface area contributed by atoms with Crippen molar-refractivity contribution in [1.82, 2.24) is 10.3 Å². The van der Waals surface area contributed by atoms with Crippen molar-refractivity contribution in [1.29, 1.82) is 5.26 Å². The third-order valence-corrected chi connectivity index (χ3v) is 4.74. The molecule has 1 heterocycles. The molecule has 1 aromatic heterocycles. The van der Waals surface area contributed by atoms with Crippen molar-refractivity contribution in [3.05, 3.63) is 59.9 Å². The fraction of sp³-hybridized carbons (Fsp3) is 0.316. The van der Waals surface area contributed by atoms with Crippen LogP contribution in [-0.4, -0.2) is 10.1 Å². The smallest absolute Gasteiger partial charge is 0.171 e. The summed E-state index contributed by atoms with van der Waals surface area (Å²) in [6.45, 7) is 0. The van der Waals surface area contributed by atoms with Crippen molar-refractivity contribution >= 4 is 23.0 Å². The van der Waals surface area contributed by atoms with E-state index in [9.17, 15) is 0 Å². The molecule has 24 heavy (non-hydrogen) atoms. The maximum absolute atomic E-state index is 8.73. The first-order valence-electron chi connectivity index (χ1n) is 8.17. The van der Waals surface area contributed by atoms with Crippen molar-refractivity contribution in [2.45, 2.75) is 37.6 Å². The van der Waals surface area contributed by atoms with Gasteiger partial charge in [0.15, 0.2) is 5.11 Å². The minimum atomic E-state index is -0.103. The fourth-order valence-electron chi connectivity index (χ4n) is 3.31. The maximum Gasteiger partial charge on any atom is 0.171 e. The van der Waals surface area contributed by atoms with Crippen molar-refractivity contribution < 1.29 is 0 Å². The van der Waals surface area contributed by atoms with Crippen molar-refractivity contribution in [3.8, 4) is 6.07 Å². The van der Waals surface area contributed by atoms with Crippen LogP contribution in [0.1, 0.15) is 36.8 Å². The molecule has 0 radical (unpaired) electrons. The van der Waals surface area contributed by atoms with Gasteiger partial charge in [0, 0.05) is 18.1 Å². The van der Waals surface area contributed by atoms with Crippen LogP contribution in [0.4, 0.5) is 5.69 Å². The van der Waals surface area contributed by atoms with Crippen LogP contribution in [0.5, 0.6) is 0 Å². The normalized spacial score (nSPS) is 15.5. The first-order chi connectivity index (χ1) is 11.7. The standard InChI is InChI=1S/C19H20N4S/c20-12-7-15-3-5-17(6-4-15)22-18(24)23-19(10-1-2-11-19)16-8-13-21-14-9-16/h3-6,8-9,13-14H,1-2,7,10-11H2,(H2,22,23,24). The van der Waals surface area contributed by atoms with Crippen molar-refractivity contribution in [2.24, 2.45) is 0 Å². The van der Waals surface area contributed by atoms with Gasteiger partial charge in [0.2, 0.25) is 0 Å². The molecule has 1 fully saturated rings. The van der Waals surface area contributed by atoms with Crippen LogP contribution >= 0.6 is 12.2 Å². The molecule has 122 valence electrons. The van der Waals surface area contributed by atoms with Crippen LogP contribution in [0.3, 0.4) is 0 Å². The highest BCUT2D eigenvalue weighted by Gasteiger charge is 2.36. The van der Waals surface area contributed by atoms with Gasteiger partial charge < -0.3 is 10.6 Å². The minimum absolute atomic E-state index is 0.103. The molecule has 1 aliphatic carbocycles. The van der Waals surface area contributed by atoms with E-state index < -0.39 is 0 Å². The topological polar surface area (TPSA) is 60.7 Å². The molecular formula is C19H20N4S. The Kier molecular flexibility index (Phi) is 5.07. The lowest BCUT2D eigenvalue weighted by Gasteiger charge is -2.32. The third kappa shape index (κ3) is 3.72. The Morgan fingerprint density at radius 2 is 1.79 bits per heavy atom. The van der Waals surface area contributed by atoms with Gasteiger partial charge in [0.05, 0.1) is 18.0 Å². The van der Waals surface area contributed by atoms with Gasteiger partial charge in [-0.3, -0.25) is 4.98 Å². The molecule has 1 saturated carbocycles. The van der Waals surface area contributed by atoms with E-state index in [0.717, 1.165) is 24.1 Å². The molecule has 2 aromatic rings. The number of anilines is 1. The van der Waals surface area contributed by atoms with Gasteiger partial charge in [-0.1, -0.05) is 25.0 Å². The van der Waals surface area contributed by atoms with Crippen molar-refractivity contribution in [2.75, 3.05) is 5.32 Å². The molecule has 0 aliphatic heterocycles. The Labute approximate surface area is 147 Å². The van der Waals surface area contributed by atoms with E-state index >= 15 is 0 Å². The zero-order valence-corrected chi connectivity index (χ0v) is 14.3. The first-order valence-corrected chi connectivity index (χ1v) is 8.58. The summed E-state index contributed by atoms with van der Waals surface area (Å²) in [5.74, 6) is 0. The van der Waals surface area contributed by atoms with Gasteiger partial charge in [-0.25, -0.2) is 0 Å². The average Bonchev–Trinajstić information content (AvgIpc) is 3.07. The Balaban J connectivity index is 1.69. The Hall–Kier alpha value is -2.45. The summed E-state index contributed by atoms with van der Waals surface area (Å²) in [5, 5.41) is 16.1. The number of pyridine rings is 1. The molecule has 0 saturated heterocycles. The predicted molar refractivity (Wildman–Crippen MR) is 99.5 cm³/mol. The summed E-state index contributed by atoms with van der Waals surface area (Å²) in [7, 11) is 0. The first kappa shape index (κ1) is 16.4. The van der Waals surface area contributed by atoms with Gasteiger partial charge in [-0.2, -0.15) is 5.26 Å². The van der Waals surface area contributed by atoms with Crippen LogP contribution < -0.4 is 10.6 Å². The molecule has 3 rings (SSSR count). The molecule has 0 unspecified atom stereocenters. The highest BCUT2D eigenvalue weighted by molar-refractivity contribution is 7.80. The van der Waals surface area contributed by atoms with E-state index in [4.69, 9.17) is 17.5 Å². The quantitative estimate of drug-likeness (QED) is 0.829. The summed E-state index contributed by atoms with van der Waals surface area (Å²) in [6.07, 6.45) is 8.62. The summed E-state index contributed by atoms with van der Waals surface area (Å²) in [6, 6.07) is 14.1. The molecule has 0 amide bonds. The molecule has 4 nitrogen and oxygen atoms in total. The molecular weight excluding hydrogens is 316 g/mol. The van der Waals surface area contributed by atoms with E-state index in [2.05, 4.69) is 33.8 Å². The number of thiocarbonyl (C=S) groups is 1. The number of hydrogen-bond donors (Lipinski definition) is 2. The number of nitriles is 1. The van der Waals surface area contributed by atoms with E-state index in [0.29, 0.717) is 11.5 Å². The molecule has 2 N–H and O–H groups in total. The van der Waals surface area contributed by atoms with Gasteiger partial charge in [0.1, 0.15) is 0 Å². The number of benzene rings is 1. The summed E-state index contributed by atoms with van der Waals surface area (Å²) >= 11 is 5.54. The van der Waals surface area contributed by atoms with Gasteiger partial charge in [-0.05, 0) is 60.5 Å². The van der Waals surface area contributed by atoms with Gasteiger partial charge in [0.25, 0.3) is 0 Å². The molecule has 1 aromatic carbocycles. The van der Waals surface area contributed by atoms with Crippen LogP contribution in [0.2, 0.25) is 0 Å². The van der Waals surface area contributed by atoms with E-state index in [-0.39, 0.29) is 5.54 Å². The summed E-state index contributed by atoms with van der Waals surface area (Å²) < 4.78 is 0. The average molecular weight is 336 g/mol. The minimum Gasteiger partial charge on any atom is -0.353 e.